The molecule has 2 aromatic heterocycles. The number of amides is 1. The first-order valence-electron chi connectivity index (χ1n) is 7.45. The topological polar surface area (TPSA) is 80.9 Å². The number of carbonyl (C=O) groups is 1. The normalized spacial score (nSPS) is 10.5. The second-order valence-electron chi connectivity index (χ2n) is 5.05. The van der Waals surface area contributed by atoms with Gasteiger partial charge in [0.2, 0.25) is 5.91 Å². The highest BCUT2D eigenvalue weighted by molar-refractivity contribution is 7.99. The maximum Gasteiger partial charge on any atom is 0.276 e. The van der Waals surface area contributed by atoms with Gasteiger partial charge in [0.15, 0.2) is 0 Å². The lowest BCUT2D eigenvalue weighted by Crippen LogP contribution is -2.12. The summed E-state index contributed by atoms with van der Waals surface area (Å²) in [5.41, 5.74) is 2.51. The summed E-state index contributed by atoms with van der Waals surface area (Å²) in [6, 6.07) is 13.2. The van der Waals surface area contributed by atoms with Gasteiger partial charge in [0.25, 0.3) is 11.1 Å². The first kappa shape index (κ1) is 16.2. The van der Waals surface area contributed by atoms with Gasteiger partial charge in [0.05, 0.1) is 0 Å². The first-order valence-corrected chi connectivity index (χ1v) is 8.44. The number of aromatic nitrogens is 3. The van der Waals surface area contributed by atoms with E-state index < -0.39 is 0 Å². The summed E-state index contributed by atoms with van der Waals surface area (Å²) >= 11 is 1.35. The van der Waals surface area contributed by atoms with Crippen LogP contribution in [-0.2, 0) is 4.79 Å². The highest BCUT2D eigenvalue weighted by Gasteiger charge is 2.11. The number of carbonyl (C=O) groups excluding carboxylic acids is 1. The van der Waals surface area contributed by atoms with E-state index in [0.717, 1.165) is 11.3 Å². The monoisotopic (exact) mass is 340 g/mol. The van der Waals surface area contributed by atoms with Crippen molar-refractivity contribution in [1.82, 2.24) is 15.2 Å². The second-order valence-corrected chi connectivity index (χ2v) is 6.10. The molecule has 24 heavy (non-hydrogen) atoms. The molecule has 2 heterocycles. The Hall–Kier alpha value is -2.67. The van der Waals surface area contributed by atoms with Crippen LogP contribution in [0, 0.1) is 6.92 Å². The SMILES string of the molecule is Cc1ccccc1NC(=O)CCSc1nnc(-c2ccccn2)o1. The van der Waals surface area contributed by atoms with Crippen molar-refractivity contribution < 1.29 is 9.21 Å². The Morgan fingerprint density at radius 3 is 2.79 bits per heavy atom. The van der Waals surface area contributed by atoms with Crippen molar-refractivity contribution in [3.8, 4) is 11.6 Å². The van der Waals surface area contributed by atoms with Crippen molar-refractivity contribution in [3.63, 3.8) is 0 Å². The summed E-state index contributed by atoms with van der Waals surface area (Å²) in [5, 5.41) is 11.3. The highest BCUT2D eigenvalue weighted by atomic mass is 32.2. The summed E-state index contributed by atoms with van der Waals surface area (Å²) in [4.78, 5) is 16.1. The minimum Gasteiger partial charge on any atom is -0.410 e. The highest BCUT2D eigenvalue weighted by Crippen LogP contribution is 2.22. The zero-order valence-corrected chi connectivity index (χ0v) is 13.9. The third-order valence-electron chi connectivity index (χ3n) is 3.26. The lowest BCUT2D eigenvalue weighted by atomic mass is 10.2. The number of nitrogens with zero attached hydrogens (tertiary/aromatic N) is 3. The molecule has 0 bridgehead atoms. The van der Waals surface area contributed by atoms with Crippen LogP contribution in [0.1, 0.15) is 12.0 Å². The van der Waals surface area contributed by atoms with Crippen molar-refractivity contribution in [2.45, 2.75) is 18.6 Å². The number of benzene rings is 1. The molecule has 122 valence electrons. The van der Waals surface area contributed by atoms with E-state index in [-0.39, 0.29) is 5.91 Å². The number of nitrogens with one attached hydrogen (secondary N) is 1. The van der Waals surface area contributed by atoms with Crippen LogP contribution >= 0.6 is 11.8 Å². The van der Waals surface area contributed by atoms with Crippen LogP contribution in [0.25, 0.3) is 11.6 Å². The predicted octanol–water partition coefficient (Wildman–Crippen LogP) is 3.56. The van der Waals surface area contributed by atoms with E-state index in [1.807, 2.05) is 43.3 Å². The standard InChI is InChI=1S/C17H16N4O2S/c1-12-6-2-3-7-13(12)19-15(22)9-11-24-17-21-20-16(23-17)14-8-4-5-10-18-14/h2-8,10H,9,11H2,1H3,(H,19,22). The molecular weight excluding hydrogens is 324 g/mol. The number of anilines is 1. The maximum absolute atomic E-state index is 12.0. The zero-order valence-electron chi connectivity index (χ0n) is 13.1. The number of pyridine rings is 1. The average Bonchev–Trinajstić information content (AvgIpc) is 3.07. The molecule has 0 saturated carbocycles. The molecule has 0 aliphatic rings. The Morgan fingerprint density at radius 2 is 2.00 bits per heavy atom. The zero-order chi connectivity index (χ0) is 16.8. The molecular formula is C17H16N4O2S. The van der Waals surface area contributed by atoms with Crippen LogP contribution in [0.4, 0.5) is 5.69 Å². The van der Waals surface area contributed by atoms with Gasteiger partial charge in [0.1, 0.15) is 5.69 Å². The van der Waals surface area contributed by atoms with Gasteiger partial charge in [-0.15, -0.1) is 10.2 Å². The van der Waals surface area contributed by atoms with E-state index >= 15 is 0 Å². The Labute approximate surface area is 143 Å². The van der Waals surface area contributed by atoms with Crippen LogP contribution in [0.3, 0.4) is 0 Å². The fourth-order valence-corrected chi connectivity index (χ4v) is 2.72. The molecule has 1 amide bonds. The maximum atomic E-state index is 12.0. The van der Waals surface area contributed by atoms with Crippen LogP contribution in [-0.4, -0.2) is 26.8 Å². The largest absolute Gasteiger partial charge is 0.410 e. The fourth-order valence-electron chi connectivity index (χ4n) is 2.02. The van der Waals surface area contributed by atoms with Crippen molar-refractivity contribution in [2.75, 3.05) is 11.1 Å². The van der Waals surface area contributed by atoms with Gasteiger partial charge in [-0.3, -0.25) is 9.78 Å². The molecule has 3 aromatic rings. The summed E-state index contributed by atoms with van der Waals surface area (Å²) in [6.45, 7) is 1.96. The number of para-hydroxylation sites is 1. The number of hydrogen-bond donors (Lipinski definition) is 1. The summed E-state index contributed by atoms with van der Waals surface area (Å²) in [7, 11) is 0. The Bertz CT molecular complexity index is 820. The van der Waals surface area contributed by atoms with E-state index in [0.29, 0.717) is 29.0 Å². The molecule has 0 atom stereocenters. The van der Waals surface area contributed by atoms with Crippen LogP contribution in [0.5, 0.6) is 0 Å². The fraction of sp³-hybridized carbons (Fsp3) is 0.176. The second kappa shape index (κ2) is 7.74. The van der Waals surface area contributed by atoms with Crippen molar-refractivity contribution >= 4 is 23.4 Å². The Balaban J connectivity index is 1.49. The van der Waals surface area contributed by atoms with Gasteiger partial charge in [-0.05, 0) is 30.7 Å². The molecule has 0 aliphatic carbocycles. The van der Waals surface area contributed by atoms with Crippen molar-refractivity contribution in [2.24, 2.45) is 0 Å². The number of thioether (sulfide) groups is 1. The molecule has 6 nitrogen and oxygen atoms in total. The molecule has 0 radical (unpaired) electrons. The molecule has 0 unspecified atom stereocenters. The van der Waals surface area contributed by atoms with Gasteiger partial charge in [0, 0.05) is 24.1 Å². The van der Waals surface area contributed by atoms with Crippen molar-refractivity contribution in [1.29, 1.82) is 0 Å². The van der Waals surface area contributed by atoms with E-state index in [1.54, 1.807) is 12.3 Å². The van der Waals surface area contributed by atoms with Gasteiger partial charge in [-0.25, -0.2) is 0 Å². The number of aryl methyl sites for hydroxylation is 1. The summed E-state index contributed by atoms with van der Waals surface area (Å²) in [5.74, 6) is 0.894. The Morgan fingerprint density at radius 1 is 1.17 bits per heavy atom. The first-order chi connectivity index (χ1) is 11.7. The van der Waals surface area contributed by atoms with Crippen LogP contribution < -0.4 is 5.32 Å². The van der Waals surface area contributed by atoms with Gasteiger partial charge < -0.3 is 9.73 Å². The van der Waals surface area contributed by atoms with Crippen molar-refractivity contribution in [3.05, 3.63) is 54.2 Å². The smallest absolute Gasteiger partial charge is 0.276 e. The average molecular weight is 340 g/mol. The molecule has 1 aromatic carbocycles. The summed E-state index contributed by atoms with van der Waals surface area (Å²) < 4.78 is 5.54. The quantitative estimate of drug-likeness (QED) is 0.691. The molecule has 7 heteroatoms. The van der Waals surface area contributed by atoms with E-state index in [1.165, 1.54) is 11.8 Å². The van der Waals surface area contributed by atoms with E-state index in [4.69, 9.17) is 4.42 Å². The number of hydrogen-bond acceptors (Lipinski definition) is 6. The molecule has 0 fully saturated rings. The molecule has 1 N–H and O–H groups in total. The number of rotatable bonds is 6. The van der Waals surface area contributed by atoms with Gasteiger partial charge in [-0.1, -0.05) is 36.0 Å². The molecule has 0 spiro atoms. The van der Waals surface area contributed by atoms with Crippen LogP contribution in [0.2, 0.25) is 0 Å². The lowest BCUT2D eigenvalue weighted by Gasteiger charge is -2.07. The lowest BCUT2D eigenvalue weighted by molar-refractivity contribution is -0.115. The summed E-state index contributed by atoms with van der Waals surface area (Å²) in [6.07, 6.45) is 2.03. The van der Waals surface area contributed by atoms with Gasteiger partial charge >= 0.3 is 0 Å². The van der Waals surface area contributed by atoms with Crippen LogP contribution in [0.15, 0.2) is 58.3 Å². The molecule has 0 saturated heterocycles. The molecule has 3 rings (SSSR count). The van der Waals surface area contributed by atoms with E-state index in [2.05, 4.69) is 20.5 Å². The van der Waals surface area contributed by atoms with Gasteiger partial charge in [-0.2, -0.15) is 0 Å². The third kappa shape index (κ3) is 4.20. The minimum atomic E-state index is -0.0405. The minimum absolute atomic E-state index is 0.0405. The predicted molar refractivity (Wildman–Crippen MR) is 92.7 cm³/mol. The third-order valence-corrected chi connectivity index (χ3v) is 4.08. The Kier molecular flexibility index (Phi) is 5.22. The van der Waals surface area contributed by atoms with E-state index in [9.17, 15) is 4.79 Å². The molecule has 0 aliphatic heterocycles.